The monoisotopic (exact) mass is 295 g/mol. The van der Waals surface area contributed by atoms with Crippen LogP contribution in [0.2, 0.25) is 0 Å². The van der Waals surface area contributed by atoms with E-state index in [1.807, 2.05) is 0 Å². The van der Waals surface area contributed by atoms with Crippen LogP contribution in [-0.2, 0) is 5.75 Å². The Morgan fingerprint density at radius 1 is 1.45 bits per heavy atom. The molecule has 8 heteroatoms. The summed E-state index contributed by atoms with van der Waals surface area (Å²) in [6, 6.07) is 4.55. The molecule has 0 radical (unpaired) electrons. The number of aromatic carboxylic acids is 1. The van der Waals surface area contributed by atoms with Crippen molar-refractivity contribution in [2.75, 3.05) is 5.73 Å². The fourth-order valence-corrected chi connectivity index (χ4v) is 2.43. The number of benzene rings is 1. The van der Waals surface area contributed by atoms with E-state index in [1.54, 1.807) is 0 Å². The highest BCUT2D eigenvalue weighted by molar-refractivity contribution is 7.98. The molecule has 0 fully saturated rings. The van der Waals surface area contributed by atoms with Gasteiger partial charge in [-0.2, -0.15) is 0 Å². The van der Waals surface area contributed by atoms with Gasteiger partial charge >= 0.3 is 5.97 Å². The van der Waals surface area contributed by atoms with Gasteiger partial charge in [-0.15, -0.1) is 0 Å². The summed E-state index contributed by atoms with van der Waals surface area (Å²) >= 11 is 1.07. The van der Waals surface area contributed by atoms with E-state index in [-0.39, 0.29) is 22.3 Å². The first-order valence-electron chi connectivity index (χ1n) is 5.47. The minimum atomic E-state index is -1.14. The van der Waals surface area contributed by atoms with Crippen molar-refractivity contribution < 1.29 is 14.3 Å². The first-order chi connectivity index (χ1) is 9.45. The van der Waals surface area contributed by atoms with Gasteiger partial charge in [-0.25, -0.2) is 14.2 Å². The number of rotatable bonds is 4. The fraction of sp³-hybridized carbons (Fsp3) is 0.0833. The van der Waals surface area contributed by atoms with Gasteiger partial charge in [0, 0.05) is 11.8 Å². The summed E-state index contributed by atoms with van der Waals surface area (Å²) in [4.78, 5) is 28.6. The lowest BCUT2D eigenvalue weighted by Crippen LogP contribution is -2.09. The van der Waals surface area contributed by atoms with E-state index in [0.29, 0.717) is 5.56 Å². The van der Waals surface area contributed by atoms with Crippen molar-refractivity contribution in [3.63, 3.8) is 0 Å². The minimum absolute atomic E-state index is 0.00477. The Morgan fingerprint density at radius 2 is 2.20 bits per heavy atom. The van der Waals surface area contributed by atoms with Crippen molar-refractivity contribution in [1.29, 1.82) is 0 Å². The highest BCUT2D eigenvalue weighted by atomic mass is 32.2. The normalized spacial score (nSPS) is 10.4. The smallest absolute Gasteiger partial charge is 0.335 e. The highest BCUT2D eigenvalue weighted by Crippen LogP contribution is 2.22. The zero-order chi connectivity index (χ0) is 14.7. The second-order valence-electron chi connectivity index (χ2n) is 3.87. The molecule has 0 aliphatic heterocycles. The van der Waals surface area contributed by atoms with E-state index in [2.05, 4.69) is 9.97 Å². The molecule has 0 unspecified atom stereocenters. The Bertz CT molecular complexity index is 717. The van der Waals surface area contributed by atoms with Gasteiger partial charge in [0.25, 0.3) is 5.56 Å². The Balaban J connectivity index is 2.24. The molecule has 4 N–H and O–H groups in total. The van der Waals surface area contributed by atoms with Gasteiger partial charge in [0.2, 0.25) is 0 Å². The minimum Gasteiger partial charge on any atom is -0.478 e. The summed E-state index contributed by atoms with van der Waals surface area (Å²) in [6.07, 6.45) is 0. The number of halogens is 1. The van der Waals surface area contributed by atoms with Crippen LogP contribution in [0.4, 0.5) is 10.2 Å². The maximum absolute atomic E-state index is 13.2. The number of aromatic nitrogens is 2. The molecule has 6 nitrogen and oxygen atoms in total. The van der Waals surface area contributed by atoms with E-state index in [4.69, 9.17) is 10.8 Å². The molecule has 20 heavy (non-hydrogen) atoms. The summed E-state index contributed by atoms with van der Waals surface area (Å²) in [5.74, 6) is -1.46. The number of nitrogen functional groups attached to an aromatic ring is 1. The number of aromatic amines is 1. The predicted molar refractivity (Wildman–Crippen MR) is 72.2 cm³/mol. The number of anilines is 1. The fourth-order valence-electron chi connectivity index (χ4n) is 1.56. The molecule has 104 valence electrons. The summed E-state index contributed by atoms with van der Waals surface area (Å²) in [5, 5.41) is 9.26. The lowest BCUT2D eigenvalue weighted by molar-refractivity contribution is 0.0696. The van der Waals surface area contributed by atoms with Crippen molar-refractivity contribution in [3.8, 4) is 0 Å². The van der Waals surface area contributed by atoms with Gasteiger partial charge in [-0.1, -0.05) is 11.8 Å². The number of H-pyrrole nitrogens is 1. The Morgan fingerprint density at radius 3 is 2.85 bits per heavy atom. The molecular formula is C12H10FN3O3S. The molecule has 1 aromatic heterocycles. The molecule has 1 aromatic carbocycles. The van der Waals surface area contributed by atoms with Crippen LogP contribution < -0.4 is 11.3 Å². The number of thioether (sulfide) groups is 1. The maximum Gasteiger partial charge on any atom is 0.335 e. The largest absolute Gasteiger partial charge is 0.478 e. The van der Waals surface area contributed by atoms with Gasteiger partial charge in [-0.05, 0) is 23.8 Å². The lowest BCUT2D eigenvalue weighted by atomic mass is 10.1. The number of nitrogens with one attached hydrogen (secondary N) is 1. The van der Waals surface area contributed by atoms with Crippen molar-refractivity contribution in [3.05, 3.63) is 51.6 Å². The van der Waals surface area contributed by atoms with Gasteiger partial charge in [0.15, 0.2) is 5.16 Å². The molecule has 0 aliphatic rings. The first kappa shape index (κ1) is 14.1. The zero-order valence-electron chi connectivity index (χ0n) is 10.1. The molecule has 0 aliphatic carbocycles. The van der Waals surface area contributed by atoms with Crippen LogP contribution in [-0.4, -0.2) is 21.0 Å². The Kier molecular flexibility index (Phi) is 4.04. The van der Waals surface area contributed by atoms with E-state index in [0.717, 1.165) is 30.0 Å². The summed E-state index contributed by atoms with van der Waals surface area (Å²) < 4.78 is 13.2. The molecule has 2 rings (SSSR count). The number of carboxylic acid groups (broad SMARTS) is 1. The van der Waals surface area contributed by atoms with Crippen LogP contribution >= 0.6 is 11.8 Å². The third-order valence-corrected chi connectivity index (χ3v) is 3.32. The topological polar surface area (TPSA) is 109 Å². The van der Waals surface area contributed by atoms with E-state index in [1.165, 1.54) is 6.07 Å². The Labute approximate surface area is 116 Å². The molecule has 0 bridgehead atoms. The molecule has 0 saturated carbocycles. The van der Waals surface area contributed by atoms with Crippen LogP contribution in [0.25, 0.3) is 0 Å². The van der Waals surface area contributed by atoms with Crippen LogP contribution in [0.3, 0.4) is 0 Å². The number of nitrogens with two attached hydrogens (primary N) is 1. The number of carbonyl (C=O) groups is 1. The molecular weight excluding hydrogens is 285 g/mol. The second-order valence-corrected chi connectivity index (χ2v) is 4.83. The summed E-state index contributed by atoms with van der Waals surface area (Å²) in [7, 11) is 0. The second kappa shape index (κ2) is 5.74. The number of hydrogen-bond acceptors (Lipinski definition) is 5. The van der Waals surface area contributed by atoms with Gasteiger partial charge in [0.05, 0.1) is 5.56 Å². The molecule has 0 saturated heterocycles. The Hall–Kier alpha value is -2.35. The maximum atomic E-state index is 13.2. The van der Waals surface area contributed by atoms with Crippen molar-refractivity contribution in [2.24, 2.45) is 0 Å². The molecule has 0 amide bonds. The van der Waals surface area contributed by atoms with Crippen molar-refractivity contribution >= 4 is 23.5 Å². The predicted octanol–water partition coefficient (Wildman–Crippen LogP) is 1.48. The first-order valence-corrected chi connectivity index (χ1v) is 6.45. The molecule has 2 aromatic rings. The zero-order valence-corrected chi connectivity index (χ0v) is 10.9. The van der Waals surface area contributed by atoms with E-state index >= 15 is 0 Å². The van der Waals surface area contributed by atoms with E-state index in [9.17, 15) is 14.0 Å². The van der Waals surface area contributed by atoms with Crippen LogP contribution in [0.5, 0.6) is 0 Å². The van der Waals surface area contributed by atoms with Gasteiger partial charge < -0.3 is 15.8 Å². The van der Waals surface area contributed by atoms with Crippen LogP contribution in [0.1, 0.15) is 15.9 Å². The lowest BCUT2D eigenvalue weighted by Gasteiger charge is -2.06. The molecule has 1 heterocycles. The third-order valence-electron chi connectivity index (χ3n) is 2.40. The average molecular weight is 295 g/mol. The van der Waals surface area contributed by atoms with Crippen molar-refractivity contribution in [2.45, 2.75) is 10.9 Å². The average Bonchev–Trinajstić information content (AvgIpc) is 2.35. The number of hydrogen-bond donors (Lipinski definition) is 3. The summed E-state index contributed by atoms with van der Waals surface area (Å²) in [6.45, 7) is 0. The third kappa shape index (κ3) is 3.35. The van der Waals surface area contributed by atoms with Gasteiger partial charge in [-0.3, -0.25) is 4.79 Å². The van der Waals surface area contributed by atoms with Gasteiger partial charge in [0.1, 0.15) is 11.6 Å². The number of carboxylic acids is 1. The highest BCUT2D eigenvalue weighted by Gasteiger charge is 2.12. The summed E-state index contributed by atoms with van der Waals surface area (Å²) in [5.41, 5.74) is 5.33. The molecule has 0 atom stereocenters. The van der Waals surface area contributed by atoms with Crippen molar-refractivity contribution in [1.82, 2.24) is 9.97 Å². The van der Waals surface area contributed by atoms with Crippen LogP contribution in [0.15, 0.2) is 34.2 Å². The van der Waals surface area contributed by atoms with Crippen LogP contribution in [0, 0.1) is 5.82 Å². The number of nitrogens with zero attached hydrogens (tertiary/aromatic N) is 1. The quantitative estimate of drug-likeness (QED) is 0.582. The standard InChI is InChI=1S/C12H10FN3O3S/c13-7-1-2-8(11(18)19)6(3-7)5-20-12-15-9(14)4-10(17)16-12/h1-4H,5H2,(H,18,19)(H3,14,15,16,17). The molecule has 0 spiro atoms. The SMILES string of the molecule is Nc1cc(=O)[nH]c(SCc2cc(F)ccc2C(=O)O)n1. The van der Waals surface area contributed by atoms with E-state index < -0.39 is 17.3 Å².